The highest BCUT2D eigenvalue weighted by atomic mass is 35.5. The van der Waals surface area contributed by atoms with E-state index in [9.17, 15) is 9.59 Å². The molecule has 0 radical (unpaired) electrons. The minimum Gasteiger partial charge on any atom is -0.335 e. The van der Waals surface area contributed by atoms with Crippen molar-refractivity contribution in [3.05, 3.63) is 0 Å². The first-order valence-corrected chi connectivity index (χ1v) is 7.11. The maximum Gasteiger partial charge on any atom is 0.321 e. The molecule has 4 nitrogen and oxygen atoms in total. The fourth-order valence-electron chi connectivity index (χ4n) is 2.55. The van der Waals surface area contributed by atoms with Crippen LogP contribution in [-0.2, 0) is 4.79 Å². The molecule has 0 heterocycles. The Morgan fingerprint density at radius 2 is 1.78 bits per heavy atom. The summed E-state index contributed by atoms with van der Waals surface area (Å²) in [4.78, 5) is 23.0. The highest BCUT2D eigenvalue weighted by Crippen LogP contribution is 2.30. The second-order valence-corrected chi connectivity index (χ2v) is 6.03. The fourth-order valence-corrected chi connectivity index (χ4v) is 2.61. The first-order valence-electron chi connectivity index (χ1n) is 6.67. The molecule has 0 aromatic carbocycles. The number of urea groups is 1. The lowest BCUT2D eigenvalue weighted by Gasteiger charge is -2.34. The van der Waals surface area contributed by atoms with E-state index < -0.39 is 17.3 Å². The van der Waals surface area contributed by atoms with Gasteiger partial charge >= 0.3 is 6.03 Å². The third kappa shape index (κ3) is 4.48. The van der Waals surface area contributed by atoms with Gasteiger partial charge in [-0.2, -0.15) is 0 Å². The number of rotatable bonds is 3. The van der Waals surface area contributed by atoms with Crippen molar-refractivity contribution in [3.63, 3.8) is 0 Å². The van der Waals surface area contributed by atoms with Crippen molar-refractivity contribution in [1.29, 1.82) is 0 Å². The number of imide groups is 1. The normalized spacial score (nSPS) is 25.6. The summed E-state index contributed by atoms with van der Waals surface area (Å²) in [5.74, 6) is 0.581. The largest absolute Gasteiger partial charge is 0.335 e. The average molecular weight is 275 g/mol. The maximum absolute atomic E-state index is 11.7. The van der Waals surface area contributed by atoms with E-state index in [2.05, 4.69) is 24.5 Å². The molecule has 0 aromatic rings. The lowest BCUT2D eigenvalue weighted by Crippen LogP contribution is -2.50. The second kappa shape index (κ2) is 6.98. The zero-order valence-electron chi connectivity index (χ0n) is 11.3. The van der Waals surface area contributed by atoms with Crippen molar-refractivity contribution in [1.82, 2.24) is 10.6 Å². The van der Waals surface area contributed by atoms with Crippen LogP contribution in [0.1, 0.15) is 46.5 Å². The number of halogens is 1. The number of carbonyl (C=O) groups is 2. The number of nitrogens with one attached hydrogen (secondary N) is 2. The third-order valence-corrected chi connectivity index (χ3v) is 3.79. The molecule has 3 unspecified atom stereocenters. The fraction of sp³-hybridized carbons (Fsp3) is 0.846. The monoisotopic (exact) mass is 274 g/mol. The van der Waals surface area contributed by atoms with E-state index in [1.807, 2.05) is 0 Å². The van der Waals surface area contributed by atoms with Crippen LogP contribution in [0.2, 0.25) is 0 Å². The molecule has 1 rings (SSSR count). The molecule has 0 saturated heterocycles. The Kier molecular flexibility index (Phi) is 5.93. The molecule has 1 aliphatic carbocycles. The van der Waals surface area contributed by atoms with Crippen LogP contribution in [0.15, 0.2) is 0 Å². The predicted octanol–water partition coefficient (Wildman–Crippen LogP) is 2.65. The van der Waals surface area contributed by atoms with Gasteiger partial charge < -0.3 is 5.32 Å². The van der Waals surface area contributed by atoms with Gasteiger partial charge in [-0.15, -0.1) is 11.6 Å². The Morgan fingerprint density at radius 1 is 1.17 bits per heavy atom. The zero-order chi connectivity index (χ0) is 13.7. The van der Waals surface area contributed by atoms with E-state index in [4.69, 9.17) is 11.6 Å². The van der Waals surface area contributed by atoms with E-state index >= 15 is 0 Å². The van der Waals surface area contributed by atoms with Gasteiger partial charge in [0.1, 0.15) is 5.38 Å². The smallest absolute Gasteiger partial charge is 0.321 e. The molecule has 18 heavy (non-hydrogen) atoms. The highest BCUT2D eigenvalue weighted by molar-refractivity contribution is 6.31. The summed E-state index contributed by atoms with van der Waals surface area (Å²) in [7, 11) is 0. The van der Waals surface area contributed by atoms with Crippen LogP contribution in [0.5, 0.6) is 0 Å². The lowest BCUT2D eigenvalue weighted by molar-refractivity contribution is -0.119. The summed E-state index contributed by atoms with van der Waals surface area (Å²) in [6.45, 7) is 5.89. The molecular formula is C13H23ClN2O2. The van der Waals surface area contributed by atoms with Gasteiger partial charge in [-0.25, -0.2) is 4.79 Å². The van der Waals surface area contributed by atoms with Gasteiger partial charge in [0.15, 0.2) is 0 Å². The van der Waals surface area contributed by atoms with E-state index in [-0.39, 0.29) is 6.04 Å². The molecule has 3 atom stereocenters. The summed E-state index contributed by atoms with van der Waals surface area (Å²) < 4.78 is 0. The quantitative estimate of drug-likeness (QED) is 0.778. The van der Waals surface area contributed by atoms with E-state index in [0.29, 0.717) is 11.8 Å². The van der Waals surface area contributed by atoms with Crippen LogP contribution in [-0.4, -0.2) is 23.4 Å². The molecule has 1 aliphatic rings. The van der Waals surface area contributed by atoms with Crippen LogP contribution in [0, 0.1) is 11.8 Å². The molecule has 2 N–H and O–H groups in total. The lowest BCUT2D eigenvalue weighted by atomic mass is 9.78. The van der Waals surface area contributed by atoms with Gasteiger partial charge in [-0.05, 0) is 31.6 Å². The van der Waals surface area contributed by atoms with E-state index in [0.717, 1.165) is 19.3 Å². The summed E-state index contributed by atoms with van der Waals surface area (Å²) in [5.41, 5.74) is 0. The van der Waals surface area contributed by atoms with Crippen molar-refractivity contribution < 1.29 is 9.59 Å². The topological polar surface area (TPSA) is 58.2 Å². The van der Waals surface area contributed by atoms with Crippen LogP contribution >= 0.6 is 11.6 Å². The molecule has 0 bridgehead atoms. The zero-order valence-corrected chi connectivity index (χ0v) is 12.1. The SMILES string of the molecule is CC(Cl)C(=O)NC(=O)NC1CCCCC1C(C)C. The molecule has 0 aromatic heterocycles. The van der Waals surface area contributed by atoms with Gasteiger partial charge in [-0.1, -0.05) is 26.7 Å². The Hall–Kier alpha value is -0.770. The minimum absolute atomic E-state index is 0.164. The molecule has 1 fully saturated rings. The summed E-state index contributed by atoms with van der Waals surface area (Å²) in [6, 6.07) is -0.262. The van der Waals surface area contributed by atoms with E-state index in [1.54, 1.807) is 6.92 Å². The molecule has 3 amide bonds. The molecule has 5 heteroatoms. The number of carbonyl (C=O) groups excluding carboxylic acids is 2. The second-order valence-electron chi connectivity index (χ2n) is 5.38. The Balaban J connectivity index is 2.48. The average Bonchev–Trinajstić information content (AvgIpc) is 2.28. The highest BCUT2D eigenvalue weighted by Gasteiger charge is 2.29. The first kappa shape index (κ1) is 15.3. The number of hydrogen-bond donors (Lipinski definition) is 2. The molecule has 104 valence electrons. The predicted molar refractivity (Wildman–Crippen MR) is 72.6 cm³/mol. The molecule has 0 spiro atoms. The van der Waals surface area contributed by atoms with Crippen molar-refractivity contribution in [3.8, 4) is 0 Å². The Morgan fingerprint density at radius 3 is 2.33 bits per heavy atom. The number of alkyl halides is 1. The van der Waals surface area contributed by atoms with Gasteiger partial charge in [0, 0.05) is 6.04 Å². The van der Waals surface area contributed by atoms with Crippen molar-refractivity contribution in [2.45, 2.75) is 57.9 Å². The van der Waals surface area contributed by atoms with Gasteiger partial charge in [0.2, 0.25) is 5.91 Å². The van der Waals surface area contributed by atoms with Crippen molar-refractivity contribution in [2.24, 2.45) is 11.8 Å². The molecule has 0 aliphatic heterocycles. The molecule has 1 saturated carbocycles. The standard InChI is InChI=1S/C13H23ClN2O2/c1-8(2)10-6-4-5-7-11(10)15-13(18)16-12(17)9(3)14/h8-11H,4-7H2,1-3H3,(H2,15,16,17,18). The maximum atomic E-state index is 11.7. The van der Waals surface area contributed by atoms with Crippen LogP contribution in [0.25, 0.3) is 0 Å². The van der Waals surface area contributed by atoms with Crippen molar-refractivity contribution >= 4 is 23.5 Å². The summed E-state index contributed by atoms with van der Waals surface area (Å²) in [6.07, 6.45) is 4.48. The van der Waals surface area contributed by atoms with Crippen LogP contribution in [0.3, 0.4) is 0 Å². The van der Waals surface area contributed by atoms with Gasteiger partial charge in [-0.3, -0.25) is 10.1 Å². The first-order chi connectivity index (χ1) is 8.41. The van der Waals surface area contributed by atoms with Crippen molar-refractivity contribution in [2.75, 3.05) is 0 Å². The van der Waals surface area contributed by atoms with Crippen LogP contribution < -0.4 is 10.6 Å². The number of hydrogen-bond acceptors (Lipinski definition) is 2. The van der Waals surface area contributed by atoms with Crippen LogP contribution in [0.4, 0.5) is 4.79 Å². The minimum atomic E-state index is -0.692. The van der Waals surface area contributed by atoms with E-state index in [1.165, 1.54) is 6.42 Å². The Bertz CT molecular complexity index is 305. The molecular weight excluding hydrogens is 252 g/mol. The Labute approximate surface area is 114 Å². The van der Waals surface area contributed by atoms with Gasteiger partial charge in [0.25, 0.3) is 0 Å². The summed E-state index contributed by atoms with van der Waals surface area (Å²) >= 11 is 5.60. The van der Waals surface area contributed by atoms with Gasteiger partial charge in [0.05, 0.1) is 0 Å². The summed E-state index contributed by atoms with van der Waals surface area (Å²) in [5, 5.41) is 4.48. The number of amides is 3. The third-order valence-electron chi connectivity index (χ3n) is 3.59.